The van der Waals surface area contributed by atoms with Gasteiger partial charge in [0.2, 0.25) is 0 Å². The van der Waals surface area contributed by atoms with E-state index in [4.69, 9.17) is 11.6 Å². The fraction of sp³-hybridized carbons (Fsp3) is 0.500. The van der Waals surface area contributed by atoms with E-state index in [9.17, 15) is 5.11 Å². The summed E-state index contributed by atoms with van der Waals surface area (Å²) in [7, 11) is 0. The summed E-state index contributed by atoms with van der Waals surface area (Å²) in [5, 5.41) is 9.98. The van der Waals surface area contributed by atoms with Gasteiger partial charge in [0.15, 0.2) is 0 Å². The van der Waals surface area contributed by atoms with E-state index in [0.29, 0.717) is 5.02 Å². The molecule has 1 fully saturated rings. The average molecular weight is 226 g/mol. The van der Waals surface area contributed by atoms with E-state index >= 15 is 0 Å². The minimum atomic E-state index is 0.186. The Morgan fingerprint density at radius 2 is 1.93 bits per heavy atom. The lowest BCUT2D eigenvalue weighted by atomic mass is 10.1. The largest absolute Gasteiger partial charge is 0.506 e. The Morgan fingerprint density at radius 3 is 2.67 bits per heavy atom. The van der Waals surface area contributed by atoms with Gasteiger partial charge in [-0.2, -0.15) is 0 Å². The van der Waals surface area contributed by atoms with Crippen LogP contribution in [0, 0.1) is 0 Å². The molecule has 3 heteroatoms. The van der Waals surface area contributed by atoms with Gasteiger partial charge in [0.25, 0.3) is 0 Å². The maximum Gasteiger partial charge on any atom is 0.134 e. The molecule has 0 atom stereocenters. The van der Waals surface area contributed by atoms with Crippen molar-refractivity contribution in [1.82, 2.24) is 4.90 Å². The molecule has 0 amide bonds. The first-order chi connectivity index (χ1) is 7.27. The van der Waals surface area contributed by atoms with Crippen LogP contribution in [0.1, 0.15) is 24.8 Å². The first-order valence-corrected chi connectivity index (χ1v) is 5.84. The summed E-state index contributed by atoms with van der Waals surface area (Å²) in [6.07, 6.45) is 3.89. The molecule has 1 aliphatic heterocycles. The first-order valence-electron chi connectivity index (χ1n) is 5.46. The summed E-state index contributed by atoms with van der Waals surface area (Å²) in [4.78, 5) is 2.39. The minimum Gasteiger partial charge on any atom is -0.506 e. The number of aromatic hydroxyl groups is 1. The van der Waals surface area contributed by atoms with E-state index in [2.05, 4.69) is 4.90 Å². The van der Waals surface area contributed by atoms with Crippen molar-refractivity contribution < 1.29 is 5.11 Å². The lowest BCUT2D eigenvalue weighted by molar-refractivity contribution is 0.221. The quantitative estimate of drug-likeness (QED) is 0.837. The van der Waals surface area contributed by atoms with Gasteiger partial charge < -0.3 is 5.11 Å². The maximum atomic E-state index is 9.48. The number of piperidine rings is 1. The molecule has 2 nitrogen and oxygen atoms in total. The molecule has 15 heavy (non-hydrogen) atoms. The lowest BCUT2D eigenvalue weighted by Crippen LogP contribution is -2.29. The molecule has 0 aromatic heterocycles. The van der Waals surface area contributed by atoms with Crippen LogP contribution < -0.4 is 0 Å². The van der Waals surface area contributed by atoms with E-state index in [1.165, 1.54) is 19.3 Å². The summed E-state index contributed by atoms with van der Waals surface area (Å²) < 4.78 is 0. The van der Waals surface area contributed by atoms with E-state index in [1.807, 2.05) is 12.1 Å². The van der Waals surface area contributed by atoms with Gasteiger partial charge in [-0.1, -0.05) is 30.2 Å². The van der Waals surface area contributed by atoms with E-state index in [0.717, 1.165) is 25.2 Å². The molecule has 0 aliphatic carbocycles. The number of rotatable bonds is 2. The van der Waals surface area contributed by atoms with E-state index < -0.39 is 0 Å². The minimum absolute atomic E-state index is 0.186. The van der Waals surface area contributed by atoms with Crippen molar-refractivity contribution in [2.45, 2.75) is 25.8 Å². The molecule has 2 rings (SSSR count). The van der Waals surface area contributed by atoms with Gasteiger partial charge in [-0.25, -0.2) is 0 Å². The number of hydrogen-bond donors (Lipinski definition) is 1. The van der Waals surface area contributed by atoms with Gasteiger partial charge >= 0.3 is 0 Å². The summed E-state index contributed by atoms with van der Waals surface area (Å²) in [5.41, 5.74) is 1.03. The highest BCUT2D eigenvalue weighted by atomic mass is 35.5. The van der Waals surface area contributed by atoms with Crippen LogP contribution in [0.25, 0.3) is 0 Å². The van der Waals surface area contributed by atoms with Crippen molar-refractivity contribution in [1.29, 1.82) is 0 Å². The van der Waals surface area contributed by atoms with E-state index in [-0.39, 0.29) is 5.75 Å². The maximum absolute atomic E-state index is 9.48. The van der Waals surface area contributed by atoms with Gasteiger partial charge in [-0.15, -0.1) is 0 Å². The van der Waals surface area contributed by atoms with E-state index in [1.54, 1.807) is 6.07 Å². The highest BCUT2D eigenvalue weighted by molar-refractivity contribution is 6.32. The summed E-state index contributed by atoms with van der Waals surface area (Å²) in [6, 6.07) is 5.46. The Morgan fingerprint density at radius 1 is 1.20 bits per heavy atom. The number of phenols is 1. The molecule has 0 radical (unpaired) electrons. The van der Waals surface area contributed by atoms with Gasteiger partial charge in [-0.3, -0.25) is 4.90 Å². The monoisotopic (exact) mass is 225 g/mol. The van der Waals surface area contributed by atoms with Crippen molar-refractivity contribution in [3.8, 4) is 5.75 Å². The van der Waals surface area contributed by atoms with Gasteiger partial charge in [0, 0.05) is 6.54 Å². The molecular weight excluding hydrogens is 210 g/mol. The van der Waals surface area contributed by atoms with Crippen molar-refractivity contribution in [2.24, 2.45) is 0 Å². The van der Waals surface area contributed by atoms with Crippen molar-refractivity contribution >= 4 is 11.6 Å². The van der Waals surface area contributed by atoms with Crippen LogP contribution in [0.4, 0.5) is 0 Å². The fourth-order valence-electron chi connectivity index (χ4n) is 2.05. The standard InChI is InChI=1S/C12H16ClNO/c13-12-10(5-4-6-11(12)15)9-14-7-2-1-3-8-14/h4-6,15H,1-3,7-9H2. The molecule has 0 saturated carbocycles. The Labute approximate surface area is 95.5 Å². The number of phenolic OH excluding ortho intramolecular Hbond substituents is 1. The first kappa shape index (κ1) is 10.8. The van der Waals surface area contributed by atoms with Gasteiger partial charge in [-0.05, 0) is 37.6 Å². The molecule has 1 heterocycles. The Balaban J connectivity index is 2.06. The van der Waals surface area contributed by atoms with Crippen molar-refractivity contribution in [3.63, 3.8) is 0 Å². The molecule has 1 aliphatic rings. The van der Waals surface area contributed by atoms with Crippen LogP contribution >= 0.6 is 11.6 Å². The van der Waals surface area contributed by atoms with Crippen LogP contribution in [0.15, 0.2) is 18.2 Å². The molecule has 82 valence electrons. The predicted molar refractivity (Wildman–Crippen MR) is 62.2 cm³/mol. The van der Waals surface area contributed by atoms with Crippen LogP contribution in [0.5, 0.6) is 5.75 Å². The van der Waals surface area contributed by atoms with Gasteiger partial charge in [0.05, 0.1) is 5.02 Å². The third-order valence-corrected chi connectivity index (χ3v) is 3.34. The average Bonchev–Trinajstić information content (AvgIpc) is 2.26. The molecule has 0 spiro atoms. The zero-order valence-corrected chi connectivity index (χ0v) is 9.50. The van der Waals surface area contributed by atoms with Crippen LogP contribution in [0.3, 0.4) is 0 Å². The smallest absolute Gasteiger partial charge is 0.134 e. The molecule has 1 saturated heterocycles. The Bertz CT molecular complexity index is 334. The Kier molecular flexibility index (Phi) is 3.49. The van der Waals surface area contributed by atoms with Crippen LogP contribution in [0.2, 0.25) is 5.02 Å². The fourth-order valence-corrected chi connectivity index (χ4v) is 2.23. The zero-order valence-electron chi connectivity index (χ0n) is 8.75. The molecule has 1 aromatic carbocycles. The SMILES string of the molecule is Oc1cccc(CN2CCCCC2)c1Cl. The van der Waals surface area contributed by atoms with Crippen LogP contribution in [-0.4, -0.2) is 23.1 Å². The van der Waals surface area contributed by atoms with Crippen molar-refractivity contribution in [3.05, 3.63) is 28.8 Å². The highest BCUT2D eigenvalue weighted by Crippen LogP contribution is 2.28. The molecular formula is C12H16ClNO. The highest BCUT2D eigenvalue weighted by Gasteiger charge is 2.13. The number of halogens is 1. The summed E-state index contributed by atoms with van der Waals surface area (Å²) in [6.45, 7) is 3.14. The summed E-state index contributed by atoms with van der Waals surface area (Å²) >= 11 is 6.04. The third-order valence-electron chi connectivity index (χ3n) is 2.90. The second kappa shape index (κ2) is 4.86. The predicted octanol–water partition coefficient (Wildman–Crippen LogP) is 3.03. The van der Waals surface area contributed by atoms with Crippen LogP contribution in [-0.2, 0) is 6.54 Å². The topological polar surface area (TPSA) is 23.5 Å². The third kappa shape index (κ3) is 2.64. The number of nitrogens with zero attached hydrogens (tertiary/aromatic N) is 1. The summed E-state index contributed by atoms with van der Waals surface area (Å²) in [5.74, 6) is 0.186. The molecule has 1 aromatic rings. The zero-order chi connectivity index (χ0) is 10.7. The van der Waals surface area contributed by atoms with Gasteiger partial charge in [0.1, 0.15) is 5.75 Å². The molecule has 1 N–H and O–H groups in total. The van der Waals surface area contributed by atoms with Crippen molar-refractivity contribution in [2.75, 3.05) is 13.1 Å². The lowest BCUT2D eigenvalue weighted by Gasteiger charge is -2.26. The molecule has 0 bridgehead atoms. The Hall–Kier alpha value is -0.730. The normalized spacial score (nSPS) is 17.9. The molecule has 0 unspecified atom stereocenters. The number of likely N-dealkylation sites (tertiary alicyclic amines) is 1. The number of hydrogen-bond acceptors (Lipinski definition) is 2. The second-order valence-corrected chi connectivity index (χ2v) is 4.47. The second-order valence-electron chi connectivity index (χ2n) is 4.09. The number of benzene rings is 1.